The topological polar surface area (TPSA) is 26.3 Å². The third-order valence-corrected chi connectivity index (χ3v) is 5.48. The molecule has 0 aliphatic rings. The summed E-state index contributed by atoms with van der Waals surface area (Å²) < 4.78 is 7.31. The Kier molecular flexibility index (Phi) is 16.4. The summed E-state index contributed by atoms with van der Waals surface area (Å²) >= 11 is 0. The Morgan fingerprint density at radius 3 is 1.86 bits per heavy atom. The standard InChI is InChI=1S/C25H52N2O2/c1-7-8-9-10-11-12-13-14-15-16-17-18-19-20-25(28)29-24-23-27(5,6)22-21-26(2,3)4/h14-15H,7-13,16-24H2,1-6H3/q+2/b15-14-. The van der Waals surface area contributed by atoms with E-state index in [-0.39, 0.29) is 5.97 Å². The van der Waals surface area contributed by atoms with Crippen LogP contribution >= 0.6 is 0 Å². The zero-order valence-corrected chi connectivity index (χ0v) is 20.7. The molecule has 4 heteroatoms. The number of likely N-dealkylation sites (N-methyl/N-ethyl adjacent to an activating group) is 2. The van der Waals surface area contributed by atoms with Gasteiger partial charge in [0.15, 0.2) is 0 Å². The quantitative estimate of drug-likeness (QED) is 0.120. The summed E-state index contributed by atoms with van der Waals surface area (Å²) in [6.07, 6.45) is 19.0. The number of hydrogen-bond acceptors (Lipinski definition) is 2. The Balaban J connectivity index is 3.53. The third-order valence-electron chi connectivity index (χ3n) is 5.48. The first-order chi connectivity index (χ1) is 13.7. The van der Waals surface area contributed by atoms with E-state index in [2.05, 4.69) is 54.3 Å². The van der Waals surface area contributed by atoms with E-state index in [1.165, 1.54) is 51.4 Å². The van der Waals surface area contributed by atoms with E-state index < -0.39 is 0 Å². The second kappa shape index (κ2) is 16.9. The number of hydrogen-bond donors (Lipinski definition) is 0. The van der Waals surface area contributed by atoms with Crippen LogP contribution in [-0.2, 0) is 9.53 Å². The van der Waals surface area contributed by atoms with Crippen LogP contribution in [0.3, 0.4) is 0 Å². The van der Waals surface area contributed by atoms with E-state index >= 15 is 0 Å². The van der Waals surface area contributed by atoms with Crippen molar-refractivity contribution in [1.29, 1.82) is 0 Å². The van der Waals surface area contributed by atoms with E-state index in [0.717, 1.165) is 47.9 Å². The SMILES string of the molecule is CCCCCCCC/C=C\CCCCCC(=O)OCC[N+](C)(C)CC[N+](C)(C)C. The number of ether oxygens (including phenoxy) is 1. The second-order valence-electron chi connectivity index (χ2n) is 10.2. The lowest BCUT2D eigenvalue weighted by atomic mass is 10.1. The number of allylic oxidation sites excluding steroid dienone is 2. The lowest BCUT2D eigenvalue weighted by Gasteiger charge is -2.33. The average molecular weight is 413 g/mol. The molecule has 0 aromatic heterocycles. The van der Waals surface area contributed by atoms with Crippen molar-refractivity contribution in [2.75, 3.05) is 61.5 Å². The molecule has 0 saturated heterocycles. The Morgan fingerprint density at radius 1 is 0.724 bits per heavy atom. The van der Waals surface area contributed by atoms with Crippen LogP contribution in [0.25, 0.3) is 0 Å². The normalized spacial score (nSPS) is 12.6. The first-order valence-electron chi connectivity index (χ1n) is 12.1. The predicted octanol–water partition coefficient (Wildman–Crippen LogP) is 5.57. The van der Waals surface area contributed by atoms with Gasteiger partial charge in [0.05, 0.1) is 35.2 Å². The molecule has 172 valence electrons. The summed E-state index contributed by atoms with van der Waals surface area (Å²) in [5.74, 6) is -0.0322. The lowest BCUT2D eigenvalue weighted by molar-refractivity contribution is -0.937. The summed E-state index contributed by atoms with van der Waals surface area (Å²) in [4.78, 5) is 11.9. The zero-order chi connectivity index (χ0) is 22.0. The molecular formula is C25H52N2O2+2. The number of nitrogens with zero attached hydrogens (tertiary/aromatic N) is 2. The van der Waals surface area contributed by atoms with Crippen molar-refractivity contribution in [3.8, 4) is 0 Å². The molecule has 0 spiro atoms. The first kappa shape index (κ1) is 28.1. The van der Waals surface area contributed by atoms with Crippen molar-refractivity contribution in [3.63, 3.8) is 0 Å². The van der Waals surface area contributed by atoms with Crippen LogP contribution in [0, 0.1) is 0 Å². The molecule has 0 aliphatic heterocycles. The van der Waals surface area contributed by atoms with E-state index in [4.69, 9.17) is 4.74 Å². The number of quaternary nitrogens is 2. The Labute approximate surface area is 182 Å². The molecule has 0 aromatic rings. The van der Waals surface area contributed by atoms with Gasteiger partial charge < -0.3 is 13.7 Å². The number of carbonyl (C=O) groups is 1. The van der Waals surface area contributed by atoms with Gasteiger partial charge in [-0.2, -0.15) is 0 Å². The van der Waals surface area contributed by atoms with Gasteiger partial charge in [-0.3, -0.25) is 4.79 Å². The smallest absolute Gasteiger partial charge is 0.305 e. The number of esters is 1. The maximum Gasteiger partial charge on any atom is 0.305 e. The lowest BCUT2D eigenvalue weighted by Crippen LogP contribution is -2.50. The second-order valence-corrected chi connectivity index (χ2v) is 10.2. The summed E-state index contributed by atoms with van der Waals surface area (Å²) in [6.45, 7) is 5.89. The van der Waals surface area contributed by atoms with E-state index in [1.54, 1.807) is 0 Å². The number of carbonyl (C=O) groups excluding carboxylic acids is 1. The van der Waals surface area contributed by atoms with Crippen LogP contribution in [0.4, 0.5) is 0 Å². The van der Waals surface area contributed by atoms with Gasteiger partial charge in [-0.25, -0.2) is 0 Å². The molecule has 0 aromatic carbocycles. The molecule has 0 atom stereocenters. The van der Waals surface area contributed by atoms with Crippen LogP contribution in [-0.4, -0.2) is 76.4 Å². The Hall–Kier alpha value is -0.870. The Morgan fingerprint density at radius 2 is 1.28 bits per heavy atom. The number of rotatable bonds is 19. The molecular weight excluding hydrogens is 360 g/mol. The molecule has 0 N–H and O–H groups in total. The van der Waals surface area contributed by atoms with Gasteiger partial charge in [-0.05, 0) is 32.1 Å². The molecule has 0 rings (SSSR count). The van der Waals surface area contributed by atoms with Gasteiger partial charge in [0.2, 0.25) is 0 Å². The molecule has 4 nitrogen and oxygen atoms in total. The molecule has 0 saturated carbocycles. The van der Waals surface area contributed by atoms with Crippen molar-refractivity contribution < 1.29 is 18.5 Å². The largest absolute Gasteiger partial charge is 0.460 e. The van der Waals surface area contributed by atoms with Crippen LogP contribution in [0.15, 0.2) is 12.2 Å². The molecule has 0 bridgehead atoms. The molecule has 0 radical (unpaired) electrons. The maximum atomic E-state index is 11.9. The number of unbranched alkanes of at least 4 members (excludes halogenated alkanes) is 9. The zero-order valence-electron chi connectivity index (χ0n) is 20.7. The fourth-order valence-electron chi connectivity index (χ4n) is 3.15. The fraction of sp³-hybridized carbons (Fsp3) is 0.880. The predicted molar refractivity (Wildman–Crippen MR) is 126 cm³/mol. The van der Waals surface area contributed by atoms with Crippen LogP contribution in [0.5, 0.6) is 0 Å². The Bertz CT molecular complexity index is 425. The van der Waals surface area contributed by atoms with E-state index in [1.807, 2.05) is 0 Å². The van der Waals surface area contributed by atoms with Crippen LogP contribution < -0.4 is 0 Å². The van der Waals surface area contributed by atoms with Gasteiger partial charge in [-0.1, -0.05) is 57.6 Å². The summed E-state index contributed by atoms with van der Waals surface area (Å²) in [7, 11) is 11.1. The highest BCUT2D eigenvalue weighted by Gasteiger charge is 2.20. The minimum atomic E-state index is -0.0322. The van der Waals surface area contributed by atoms with Crippen molar-refractivity contribution in [1.82, 2.24) is 0 Å². The molecule has 0 fully saturated rings. The van der Waals surface area contributed by atoms with Gasteiger partial charge in [0.1, 0.15) is 26.2 Å². The van der Waals surface area contributed by atoms with E-state index in [0.29, 0.717) is 13.0 Å². The van der Waals surface area contributed by atoms with Crippen molar-refractivity contribution in [2.24, 2.45) is 0 Å². The summed E-state index contributed by atoms with van der Waals surface area (Å²) in [6, 6.07) is 0. The fourth-order valence-corrected chi connectivity index (χ4v) is 3.15. The first-order valence-corrected chi connectivity index (χ1v) is 12.1. The van der Waals surface area contributed by atoms with Gasteiger partial charge in [-0.15, -0.1) is 0 Å². The molecule has 0 heterocycles. The monoisotopic (exact) mass is 412 g/mol. The van der Waals surface area contributed by atoms with Crippen LogP contribution in [0.1, 0.15) is 84.0 Å². The van der Waals surface area contributed by atoms with Crippen molar-refractivity contribution in [3.05, 3.63) is 12.2 Å². The van der Waals surface area contributed by atoms with Crippen molar-refractivity contribution in [2.45, 2.75) is 84.0 Å². The van der Waals surface area contributed by atoms with E-state index in [9.17, 15) is 4.79 Å². The molecule has 0 aliphatic carbocycles. The van der Waals surface area contributed by atoms with Gasteiger partial charge in [0.25, 0.3) is 0 Å². The minimum absolute atomic E-state index is 0.0322. The highest BCUT2D eigenvalue weighted by molar-refractivity contribution is 5.69. The van der Waals surface area contributed by atoms with Gasteiger partial charge in [0, 0.05) is 6.42 Å². The minimum Gasteiger partial charge on any atom is -0.460 e. The average Bonchev–Trinajstić information content (AvgIpc) is 2.63. The molecule has 29 heavy (non-hydrogen) atoms. The van der Waals surface area contributed by atoms with Crippen LogP contribution in [0.2, 0.25) is 0 Å². The highest BCUT2D eigenvalue weighted by atomic mass is 16.5. The van der Waals surface area contributed by atoms with Gasteiger partial charge >= 0.3 is 5.97 Å². The summed E-state index contributed by atoms with van der Waals surface area (Å²) in [5, 5.41) is 0. The summed E-state index contributed by atoms with van der Waals surface area (Å²) in [5.41, 5.74) is 0. The molecule has 0 amide bonds. The molecule has 0 unspecified atom stereocenters. The van der Waals surface area contributed by atoms with Crippen molar-refractivity contribution >= 4 is 5.97 Å². The third kappa shape index (κ3) is 21.7. The highest BCUT2D eigenvalue weighted by Crippen LogP contribution is 2.09. The maximum absolute atomic E-state index is 11.9.